The number of carbonyl (C=O) groups excluding carboxylic acids is 2. The van der Waals surface area contributed by atoms with Gasteiger partial charge in [0.25, 0.3) is 9.05 Å². The molecule has 0 amide bonds. The fourth-order valence-corrected chi connectivity index (χ4v) is 6.91. The maximum absolute atomic E-state index is 12.3. The lowest BCUT2D eigenvalue weighted by atomic mass is 10.1. The number of esters is 2. The molecule has 0 aromatic heterocycles. The molecule has 44 heavy (non-hydrogen) atoms. The average molecular weight is 704 g/mol. The van der Waals surface area contributed by atoms with Crippen LogP contribution in [0.5, 0.6) is 11.5 Å². The highest BCUT2D eigenvalue weighted by Crippen LogP contribution is 2.28. The molecule has 0 unspecified atom stereocenters. The minimum atomic E-state index is -3.67. The van der Waals surface area contributed by atoms with Crippen LogP contribution in [0.15, 0.2) is 34.1 Å². The Morgan fingerprint density at radius 2 is 1.11 bits per heavy atom. The lowest BCUT2D eigenvalue weighted by molar-refractivity contribution is -0.143. The van der Waals surface area contributed by atoms with Gasteiger partial charge in [-0.3, -0.25) is 9.59 Å². The summed E-state index contributed by atoms with van der Waals surface area (Å²) in [6.45, 7) is 11.4. The normalized spacial score (nSPS) is 10.6. The van der Waals surface area contributed by atoms with E-state index in [0.29, 0.717) is 53.3 Å². The van der Waals surface area contributed by atoms with Crippen LogP contribution in [-0.4, -0.2) is 69.3 Å². The first kappa shape index (κ1) is 43.5. The molecule has 0 fully saturated rings. The molecule has 0 radical (unpaired) electrons. The molecule has 252 valence electrons. The van der Waals surface area contributed by atoms with Gasteiger partial charge in [-0.15, -0.1) is 12.4 Å². The van der Waals surface area contributed by atoms with E-state index in [-0.39, 0.29) is 47.7 Å². The van der Waals surface area contributed by atoms with E-state index in [9.17, 15) is 26.4 Å². The van der Waals surface area contributed by atoms with Crippen molar-refractivity contribution in [3.8, 4) is 11.5 Å². The molecule has 0 aliphatic rings. The number of methoxy groups -OCH3 is 2. The van der Waals surface area contributed by atoms with Crippen molar-refractivity contribution in [3.63, 3.8) is 0 Å². The lowest BCUT2D eigenvalue weighted by Gasteiger charge is -2.13. The molecule has 0 saturated heterocycles. The Labute approximate surface area is 271 Å². The summed E-state index contributed by atoms with van der Waals surface area (Å²) in [5.41, 5.74) is 7.43. The van der Waals surface area contributed by atoms with Gasteiger partial charge in [-0.25, -0.2) is 21.6 Å². The summed E-state index contributed by atoms with van der Waals surface area (Å²) in [4.78, 5) is 21.9. The van der Waals surface area contributed by atoms with Gasteiger partial charge in [0.2, 0.25) is 10.0 Å². The zero-order chi connectivity index (χ0) is 33.4. The van der Waals surface area contributed by atoms with Gasteiger partial charge in [-0.1, -0.05) is 0 Å². The van der Waals surface area contributed by atoms with E-state index in [1.54, 1.807) is 65.8 Å². The highest BCUT2D eigenvalue weighted by atomic mass is 35.7. The van der Waals surface area contributed by atoms with Crippen molar-refractivity contribution in [3.05, 3.63) is 46.5 Å². The monoisotopic (exact) mass is 702 g/mol. The minimum absolute atomic E-state index is 0. The quantitative estimate of drug-likeness (QED) is 0.240. The number of halogens is 2. The summed E-state index contributed by atoms with van der Waals surface area (Å²) < 4.78 is 68.9. The van der Waals surface area contributed by atoms with Gasteiger partial charge in [0.1, 0.15) is 11.5 Å². The van der Waals surface area contributed by atoms with E-state index in [1.165, 1.54) is 14.2 Å². The average Bonchev–Trinajstić information content (AvgIpc) is 2.88. The molecule has 2 rings (SSSR count). The highest BCUT2D eigenvalue weighted by Gasteiger charge is 2.21. The number of hydrogen-bond donors (Lipinski definition) is 2. The zero-order valence-corrected chi connectivity index (χ0v) is 29.5. The standard InChI is InChI=1S/C14H21NO5S.C9H11ClO3S.C5H11NO2.ClH/c1-5-20-13(16)6-7-15-21(17,18)14-10(2)8-12(19-4)9-11(14)3;1-6-4-8(13-3)5-7(2)9(6)14(10,11)12;1-2-8-5(7)3-4-6;/h8-9,15H,5-7H2,1-4H3;4-5H,1-3H3;2-4,6H2,1H3;1H. The van der Waals surface area contributed by atoms with Crippen LogP contribution in [0.25, 0.3) is 0 Å². The van der Waals surface area contributed by atoms with Crippen LogP contribution >= 0.6 is 23.1 Å². The van der Waals surface area contributed by atoms with E-state index in [0.717, 1.165) is 0 Å². The van der Waals surface area contributed by atoms with E-state index < -0.39 is 25.0 Å². The molecular weight excluding hydrogens is 659 g/mol. The first-order chi connectivity index (χ1) is 20.0. The fraction of sp³-hybridized carbons (Fsp3) is 0.500. The predicted molar refractivity (Wildman–Crippen MR) is 172 cm³/mol. The van der Waals surface area contributed by atoms with Gasteiger partial charge in [0.15, 0.2) is 0 Å². The second-order valence-electron chi connectivity index (χ2n) is 8.91. The maximum atomic E-state index is 12.3. The first-order valence-corrected chi connectivity index (χ1v) is 17.0. The number of benzene rings is 2. The third-order valence-corrected chi connectivity index (χ3v) is 8.79. The van der Waals surface area contributed by atoms with Crippen molar-refractivity contribution >= 4 is 54.1 Å². The summed E-state index contributed by atoms with van der Waals surface area (Å²) >= 11 is 0. The van der Waals surface area contributed by atoms with Gasteiger partial charge in [-0.2, -0.15) is 0 Å². The van der Waals surface area contributed by atoms with Crippen molar-refractivity contribution in [2.24, 2.45) is 5.73 Å². The summed E-state index contributed by atoms with van der Waals surface area (Å²) in [6.07, 6.45) is 0.329. The molecule has 0 aliphatic heterocycles. The number of sulfonamides is 1. The molecule has 2 aromatic rings. The molecule has 0 spiro atoms. The lowest BCUT2D eigenvalue weighted by Crippen LogP contribution is -2.28. The number of rotatable bonds is 12. The fourth-order valence-electron chi connectivity index (χ4n) is 3.81. The predicted octanol–water partition coefficient (Wildman–Crippen LogP) is 4.10. The zero-order valence-electron chi connectivity index (χ0n) is 26.3. The van der Waals surface area contributed by atoms with Gasteiger partial charge in [0, 0.05) is 23.8 Å². The molecule has 12 nitrogen and oxygen atoms in total. The molecule has 0 saturated carbocycles. The summed E-state index contributed by atoms with van der Waals surface area (Å²) in [5, 5.41) is 0. The van der Waals surface area contributed by atoms with Crippen LogP contribution in [0.2, 0.25) is 0 Å². The van der Waals surface area contributed by atoms with E-state index in [2.05, 4.69) is 9.46 Å². The van der Waals surface area contributed by atoms with Crippen LogP contribution in [-0.2, 0) is 38.1 Å². The molecule has 16 heteroatoms. The molecule has 0 heterocycles. The minimum Gasteiger partial charge on any atom is -0.497 e. The van der Waals surface area contributed by atoms with Gasteiger partial charge >= 0.3 is 11.9 Å². The topological polar surface area (TPSA) is 177 Å². The SMILES string of the molecule is CCOC(=O)CCN.CCOC(=O)CCNS(=O)(=O)c1c(C)cc(OC)cc1C.COc1cc(C)c(S(=O)(=O)Cl)c(C)c1.Cl. The maximum Gasteiger partial charge on any atom is 0.307 e. The molecule has 2 aromatic carbocycles. The molecule has 0 aliphatic carbocycles. The number of carbonyl (C=O) groups is 2. The van der Waals surface area contributed by atoms with Crippen LogP contribution < -0.4 is 19.9 Å². The first-order valence-electron chi connectivity index (χ1n) is 13.2. The Bertz CT molecular complexity index is 1380. The molecule has 0 atom stereocenters. The number of ether oxygens (including phenoxy) is 4. The molecule has 0 bridgehead atoms. The van der Waals surface area contributed by atoms with E-state index in [1.807, 2.05) is 0 Å². The third kappa shape index (κ3) is 15.4. The van der Waals surface area contributed by atoms with Crippen LogP contribution in [0, 0.1) is 27.7 Å². The molecule has 3 N–H and O–H groups in total. The molecular formula is C28H44Cl2N2O10S2. The number of nitrogens with one attached hydrogen (secondary N) is 1. The van der Waals surface area contributed by atoms with Crippen molar-refractivity contribution in [1.82, 2.24) is 4.72 Å². The Kier molecular flexibility index (Phi) is 20.9. The number of aryl methyl sites for hydroxylation is 4. The Balaban J connectivity index is 0. The Hall–Kier alpha value is -2.62. The largest absolute Gasteiger partial charge is 0.497 e. The van der Waals surface area contributed by atoms with Crippen LogP contribution in [0.1, 0.15) is 48.9 Å². The van der Waals surface area contributed by atoms with Crippen molar-refractivity contribution in [2.75, 3.05) is 40.5 Å². The van der Waals surface area contributed by atoms with Crippen LogP contribution in [0.3, 0.4) is 0 Å². The van der Waals surface area contributed by atoms with Crippen molar-refractivity contribution in [2.45, 2.75) is 64.2 Å². The van der Waals surface area contributed by atoms with Crippen molar-refractivity contribution in [1.29, 1.82) is 0 Å². The second-order valence-corrected chi connectivity index (χ2v) is 13.1. The smallest absolute Gasteiger partial charge is 0.307 e. The summed E-state index contributed by atoms with van der Waals surface area (Å²) in [6, 6.07) is 6.60. The van der Waals surface area contributed by atoms with E-state index in [4.69, 9.17) is 30.6 Å². The van der Waals surface area contributed by atoms with Gasteiger partial charge in [0.05, 0.1) is 50.1 Å². The Morgan fingerprint density at radius 3 is 1.43 bits per heavy atom. The van der Waals surface area contributed by atoms with Gasteiger partial charge < -0.3 is 24.7 Å². The third-order valence-electron chi connectivity index (χ3n) is 5.43. The van der Waals surface area contributed by atoms with Gasteiger partial charge in [-0.05, 0) is 88.1 Å². The van der Waals surface area contributed by atoms with Crippen LogP contribution in [0.4, 0.5) is 0 Å². The van der Waals surface area contributed by atoms with E-state index >= 15 is 0 Å². The summed E-state index contributed by atoms with van der Waals surface area (Å²) in [5.74, 6) is 0.595. The number of nitrogens with two attached hydrogens (primary N) is 1. The summed E-state index contributed by atoms with van der Waals surface area (Å²) in [7, 11) is 1.01. The highest BCUT2D eigenvalue weighted by molar-refractivity contribution is 8.13. The number of hydrogen-bond acceptors (Lipinski definition) is 11. The Morgan fingerprint density at radius 1 is 0.750 bits per heavy atom. The second kappa shape index (κ2) is 21.2. The van der Waals surface area contributed by atoms with Crippen molar-refractivity contribution < 1.29 is 45.4 Å².